The average molecular weight is 142 g/mol. The molecule has 1 heterocycles. The minimum atomic E-state index is 0.127. The highest BCUT2D eigenvalue weighted by molar-refractivity contribution is 5.77. The summed E-state index contributed by atoms with van der Waals surface area (Å²) in [5.74, 6) is 0.127. The van der Waals surface area contributed by atoms with Crippen LogP contribution < -0.4 is 10.6 Å². The van der Waals surface area contributed by atoms with Crippen LogP contribution in [0.25, 0.3) is 0 Å². The predicted molar refractivity (Wildman–Crippen MR) is 39.7 cm³/mol. The van der Waals surface area contributed by atoms with Gasteiger partial charge in [0.2, 0.25) is 5.91 Å². The summed E-state index contributed by atoms with van der Waals surface area (Å²) in [6.07, 6.45) is 3.52. The summed E-state index contributed by atoms with van der Waals surface area (Å²) >= 11 is 0. The normalized spacial score (nSPS) is 22.2. The van der Waals surface area contributed by atoms with Gasteiger partial charge >= 0.3 is 0 Å². The van der Waals surface area contributed by atoms with Crippen LogP contribution in [0.4, 0.5) is 0 Å². The predicted octanol–water partition coefficient (Wildman–Crippen LogP) is -0.124. The number of carbonyl (C=O) groups is 1. The van der Waals surface area contributed by atoms with Crippen molar-refractivity contribution in [3.05, 3.63) is 0 Å². The third-order valence-electron chi connectivity index (χ3n) is 1.64. The Morgan fingerprint density at radius 1 is 1.10 bits per heavy atom. The maximum atomic E-state index is 10.8. The molecule has 0 atom stereocenters. The zero-order valence-electron chi connectivity index (χ0n) is 6.15. The SMILES string of the molecule is O=C1CNCCCCCN1. The summed E-state index contributed by atoms with van der Waals surface area (Å²) in [6.45, 7) is 2.31. The maximum absolute atomic E-state index is 10.8. The molecule has 0 aliphatic carbocycles. The first-order chi connectivity index (χ1) is 4.89. The van der Waals surface area contributed by atoms with Crippen LogP contribution in [0.2, 0.25) is 0 Å². The van der Waals surface area contributed by atoms with E-state index in [0.29, 0.717) is 6.54 Å². The Morgan fingerprint density at radius 3 is 2.80 bits per heavy atom. The first-order valence-corrected chi connectivity index (χ1v) is 3.87. The summed E-state index contributed by atoms with van der Waals surface area (Å²) in [5, 5.41) is 5.89. The van der Waals surface area contributed by atoms with Crippen molar-refractivity contribution >= 4 is 5.91 Å². The molecule has 58 valence electrons. The van der Waals surface area contributed by atoms with Crippen molar-refractivity contribution in [3.63, 3.8) is 0 Å². The van der Waals surface area contributed by atoms with Crippen molar-refractivity contribution < 1.29 is 4.79 Å². The summed E-state index contributed by atoms with van der Waals surface area (Å²) in [4.78, 5) is 10.8. The van der Waals surface area contributed by atoms with Gasteiger partial charge in [-0.2, -0.15) is 0 Å². The lowest BCUT2D eigenvalue weighted by Crippen LogP contribution is -2.33. The van der Waals surface area contributed by atoms with Crippen molar-refractivity contribution in [3.8, 4) is 0 Å². The van der Waals surface area contributed by atoms with E-state index in [-0.39, 0.29) is 5.91 Å². The van der Waals surface area contributed by atoms with E-state index in [1.54, 1.807) is 0 Å². The maximum Gasteiger partial charge on any atom is 0.233 e. The molecule has 1 fully saturated rings. The molecule has 1 rings (SSSR count). The van der Waals surface area contributed by atoms with Crippen molar-refractivity contribution in [1.82, 2.24) is 10.6 Å². The second-order valence-electron chi connectivity index (χ2n) is 2.59. The van der Waals surface area contributed by atoms with E-state index < -0.39 is 0 Å². The fourth-order valence-corrected chi connectivity index (χ4v) is 1.04. The standard InChI is InChI=1S/C7H14N2O/c10-7-6-8-4-2-1-3-5-9-7/h8H,1-6H2,(H,9,10). The highest BCUT2D eigenvalue weighted by Gasteiger charge is 2.01. The molecule has 0 aromatic heterocycles. The van der Waals surface area contributed by atoms with Gasteiger partial charge in [-0.3, -0.25) is 4.79 Å². The van der Waals surface area contributed by atoms with E-state index in [9.17, 15) is 4.79 Å². The molecule has 0 bridgehead atoms. The quantitative estimate of drug-likeness (QED) is 0.495. The molecule has 1 aliphatic rings. The number of hydrogen-bond donors (Lipinski definition) is 2. The van der Waals surface area contributed by atoms with Crippen molar-refractivity contribution in [1.29, 1.82) is 0 Å². The van der Waals surface area contributed by atoms with Crippen molar-refractivity contribution in [2.24, 2.45) is 0 Å². The van der Waals surface area contributed by atoms with Crippen LogP contribution in [0.5, 0.6) is 0 Å². The van der Waals surface area contributed by atoms with Crippen LogP contribution in [0.1, 0.15) is 19.3 Å². The highest BCUT2D eigenvalue weighted by atomic mass is 16.1. The van der Waals surface area contributed by atoms with Crippen LogP contribution in [-0.2, 0) is 4.79 Å². The average Bonchev–Trinajstić information content (AvgIpc) is 2.02. The Hall–Kier alpha value is -0.570. The summed E-state index contributed by atoms with van der Waals surface area (Å²) in [6, 6.07) is 0. The molecule has 0 unspecified atom stereocenters. The molecule has 1 saturated heterocycles. The molecular weight excluding hydrogens is 128 g/mol. The molecule has 2 N–H and O–H groups in total. The second kappa shape index (κ2) is 4.28. The second-order valence-corrected chi connectivity index (χ2v) is 2.59. The Balaban J connectivity index is 2.21. The molecule has 1 amide bonds. The molecule has 1 aliphatic heterocycles. The third kappa shape index (κ3) is 2.82. The van der Waals surface area contributed by atoms with Gasteiger partial charge in [-0.1, -0.05) is 6.42 Å². The Kier molecular flexibility index (Phi) is 3.22. The van der Waals surface area contributed by atoms with E-state index >= 15 is 0 Å². The number of hydrogen-bond acceptors (Lipinski definition) is 2. The van der Waals surface area contributed by atoms with Gasteiger partial charge in [-0.25, -0.2) is 0 Å². The molecule has 3 nitrogen and oxygen atoms in total. The van der Waals surface area contributed by atoms with Gasteiger partial charge in [0.15, 0.2) is 0 Å². The smallest absolute Gasteiger partial charge is 0.233 e. The Labute approximate surface area is 61.2 Å². The van der Waals surface area contributed by atoms with E-state index in [1.165, 1.54) is 12.8 Å². The molecule has 3 heteroatoms. The third-order valence-corrected chi connectivity index (χ3v) is 1.64. The molecule has 0 aromatic rings. The van der Waals surface area contributed by atoms with Crippen LogP contribution >= 0.6 is 0 Å². The van der Waals surface area contributed by atoms with Gasteiger partial charge in [0.05, 0.1) is 6.54 Å². The number of amides is 1. The number of nitrogens with one attached hydrogen (secondary N) is 2. The zero-order chi connectivity index (χ0) is 7.23. The lowest BCUT2D eigenvalue weighted by Gasteiger charge is -2.00. The van der Waals surface area contributed by atoms with Gasteiger partial charge < -0.3 is 10.6 Å². The van der Waals surface area contributed by atoms with Crippen LogP contribution in [0, 0.1) is 0 Å². The summed E-state index contributed by atoms with van der Waals surface area (Å²) in [7, 11) is 0. The molecule has 0 saturated carbocycles. The topological polar surface area (TPSA) is 41.1 Å². The monoisotopic (exact) mass is 142 g/mol. The van der Waals surface area contributed by atoms with Gasteiger partial charge in [0, 0.05) is 6.54 Å². The lowest BCUT2D eigenvalue weighted by atomic mass is 10.2. The Morgan fingerprint density at radius 2 is 1.90 bits per heavy atom. The molecule has 10 heavy (non-hydrogen) atoms. The van der Waals surface area contributed by atoms with Gasteiger partial charge in [0.25, 0.3) is 0 Å². The van der Waals surface area contributed by atoms with Crippen LogP contribution in [-0.4, -0.2) is 25.5 Å². The van der Waals surface area contributed by atoms with Crippen molar-refractivity contribution in [2.75, 3.05) is 19.6 Å². The van der Waals surface area contributed by atoms with Crippen LogP contribution in [0.15, 0.2) is 0 Å². The molecular formula is C7H14N2O. The molecule has 0 aromatic carbocycles. The number of rotatable bonds is 0. The van der Waals surface area contributed by atoms with E-state index in [2.05, 4.69) is 10.6 Å². The van der Waals surface area contributed by atoms with Crippen molar-refractivity contribution in [2.45, 2.75) is 19.3 Å². The molecule has 0 spiro atoms. The zero-order valence-corrected chi connectivity index (χ0v) is 6.15. The van der Waals surface area contributed by atoms with Gasteiger partial charge in [-0.15, -0.1) is 0 Å². The minimum absolute atomic E-state index is 0.127. The molecule has 0 radical (unpaired) electrons. The van der Waals surface area contributed by atoms with Crippen LogP contribution in [0.3, 0.4) is 0 Å². The largest absolute Gasteiger partial charge is 0.355 e. The fourth-order valence-electron chi connectivity index (χ4n) is 1.04. The highest BCUT2D eigenvalue weighted by Crippen LogP contribution is 1.93. The van der Waals surface area contributed by atoms with E-state index in [0.717, 1.165) is 19.5 Å². The first kappa shape index (κ1) is 7.54. The summed E-state index contributed by atoms with van der Waals surface area (Å²) < 4.78 is 0. The summed E-state index contributed by atoms with van der Waals surface area (Å²) in [5.41, 5.74) is 0. The van der Waals surface area contributed by atoms with Gasteiger partial charge in [0.1, 0.15) is 0 Å². The minimum Gasteiger partial charge on any atom is -0.355 e. The van der Waals surface area contributed by atoms with E-state index in [1.807, 2.05) is 0 Å². The first-order valence-electron chi connectivity index (χ1n) is 3.87. The lowest BCUT2D eigenvalue weighted by molar-refractivity contribution is -0.120. The number of carbonyl (C=O) groups excluding carboxylic acids is 1. The van der Waals surface area contributed by atoms with Gasteiger partial charge in [-0.05, 0) is 19.4 Å². The van der Waals surface area contributed by atoms with E-state index in [4.69, 9.17) is 0 Å². The Bertz CT molecular complexity index is 102. The fraction of sp³-hybridized carbons (Fsp3) is 0.857.